The summed E-state index contributed by atoms with van der Waals surface area (Å²) in [7, 11) is 3.77. The van der Waals surface area contributed by atoms with Crippen molar-refractivity contribution in [3.8, 4) is 0 Å². The molecule has 1 aliphatic rings. The van der Waals surface area contributed by atoms with Crippen LogP contribution in [0.1, 0.15) is 44.2 Å². The highest BCUT2D eigenvalue weighted by molar-refractivity contribution is 9.10. The Kier molecular flexibility index (Phi) is 4.91. The summed E-state index contributed by atoms with van der Waals surface area (Å²) < 4.78 is 3.02. The molecule has 1 fully saturated rings. The molecular formula is C15H23BrN2O2. The van der Waals surface area contributed by atoms with Gasteiger partial charge in [-0.1, -0.05) is 19.3 Å². The van der Waals surface area contributed by atoms with E-state index < -0.39 is 5.60 Å². The van der Waals surface area contributed by atoms with Crippen LogP contribution in [0.3, 0.4) is 0 Å². The van der Waals surface area contributed by atoms with Crippen LogP contribution in [0.25, 0.3) is 0 Å². The molecule has 4 nitrogen and oxygen atoms in total. The third-order valence-electron chi connectivity index (χ3n) is 4.16. The highest BCUT2D eigenvalue weighted by Gasteiger charge is 2.32. The molecule has 0 atom stereocenters. The molecule has 1 amide bonds. The van der Waals surface area contributed by atoms with E-state index in [1.807, 2.05) is 23.9 Å². The highest BCUT2D eigenvalue weighted by atomic mass is 79.9. The SMILES string of the molecule is CN(Cc1cc(Br)cn1C)C(=O)CC1(O)CCCCC1. The predicted octanol–water partition coefficient (Wildman–Crippen LogP) is 2.83. The molecule has 1 aliphatic carbocycles. The lowest BCUT2D eigenvalue weighted by Gasteiger charge is -2.32. The van der Waals surface area contributed by atoms with Gasteiger partial charge in [0.25, 0.3) is 0 Å². The van der Waals surface area contributed by atoms with Gasteiger partial charge in [0.15, 0.2) is 0 Å². The first kappa shape index (κ1) is 15.6. The van der Waals surface area contributed by atoms with Crippen LogP contribution >= 0.6 is 15.9 Å². The Morgan fingerprint density at radius 2 is 2.10 bits per heavy atom. The summed E-state index contributed by atoms with van der Waals surface area (Å²) in [4.78, 5) is 14.0. The fourth-order valence-corrected chi connectivity index (χ4v) is 3.43. The number of hydrogen-bond donors (Lipinski definition) is 1. The average Bonchev–Trinajstić information content (AvgIpc) is 2.68. The number of rotatable bonds is 4. The molecule has 0 aliphatic heterocycles. The Balaban J connectivity index is 1.93. The van der Waals surface area contributed by atoms with E-state index >= 15 is 0 Å². The van der Waals surface area contributed by atoms with Gasteiger partial charge in [0.05, 0.1) is 18.6 Å². The fourth-order valence-electron chi connectivity index (χ4n) is 2.86. The molecule has 0 aromatic carbocycles. The molecule has 1 N–H and O–H groups in total. The predicted molar refractivity (Wildman–Crippen MR) is 82.2 cm³/mol. The van der Waals surface area contributed by atoms with E-state index in [2.05, 4.69) is 15.9 Å². The summed E-state index contributed by atoms with van der Waals surface area (Å²) in [6.07, 6.45) is 6.95. The average molecular weight is 343 g/mol. The van der Waals surface area contributed by atoms with Gasteiger partial charge in [0.2, 0.25) is 5.91 Å². The Hall–Kier alpha value is -0.810. The molecule has 0 radical (unpaired) electrons. The van der Waals surface area contributed by atoms with Crippen molar-refractivity contribution in [1.29, 1.82) is 0 Å². The van der Waals surface area contributed by atoms with Crippen molar-refractivity contribution in [3.05, 3.63) is 22.4 Å². The molecule has 2 rings (SSSR count). The maximum Gasteiger partial charge on any atom is 0.225 e. The standard InChI is InChI=1S/C15H23BrN2O2/c1-17-10-12(16)8-13(17)11-18(2)14(19)9-15(20)6-4-3-5-7-15/h8,10,20H,3-7,9,11H2,1-2H3. The van der Waals surface area contributed by atoms with Crippen LogP contribution in [0.2, 0.25) is 0 Å². The molecule has 1 aromatic heterocycles. The first-order valence-corrected chi connectivity index (χ1v) is 7.96. The van der Waals surface area contributed by atoms with Gasteiger partial charge < -0.3 is 14.6 Å². The monoisotopic (exact) mass is 342 g/mol. The first-order valence-electron chi connectivity index (χ1n) is 7.17. The minimum absolute atomic E-state index is 0.0201. The van der Waals surface area contributed by atoms with E-state index in [-0.39, 0.29) is 12.3 Å². The van der Waals surface area contributed by atoms with Crippen molar-refractivity contribution in [2.24, 2.45) is 7.05 Å². The van der Waals surface area contributed by atoms with Crippen molar-refractivity contribution in [3.63, 3.8) is 0 Å². The van der Waals surface area contributed by atoms with Crippen LogP contribution in [0, 0.1) is 0 Å². The summed E-state index contributed by atoms with van der Waals surface area (Å²) in [6, 6.07) is 2.01. The molecule has 0 bridgehead atoms. The Labute approximate surface area is 128 Å². The quantitative estimate of drug-likeness (QED) is 0.914. The normalized spacial score (nSPS) is 18.0. The zero-order valence-electron chi connectivity index (χ0n) is 12.2. The molecule has 1 aromatic rings. The van der Waals surface area contributed by atoms with Crippen LogP contribution in [0.4, 0.5) is 0 Å². The Bertz CT molecular complexity index is 478. The fraction of sp³-hybridized carbons (Fsp3) is 0.667. The van der Waals surface area contributed by atoms with Crippen molar-refractivity contribution < 1.29 is 9.90 Å². The number of carbonyl (C=O) groups excluding carboxylic acids is 1. The van der Waals surface area contributed by atoms with Gasteiger partial charge in [0, 0.05) is 30.5 Å². The van der Waals surface area contributed by atoms with Gasteiger partial charge in [-0.15, -0.1) is 0 Å². The molecule has 0 unspecified atom stereocenters. The van der Waals surface area contributed by atoms with Gasteiger partial charge in [-0.25, -0.2) is 0 Å². The molecule has 5 heteroatoms. The number of aryl methyl sites for hydroxylation is 1. The van der Waals surface area contributed by atoms with Gasteiger partial charge in [0.1, 0.15) is 0 Å². The van der Waals surface area contributed by atoms with Gasteiger partial charge in [-0.05, 0) is 34.8 Å². The number of halogens is 1. The van der Waals surface area contributed by atoms with Crippen molar-refractivity contribution in [2.75, 3.05) is 7.05 Å². The summed E-state index contributed by atoms with van der Waals surface area (Å²) in [5.74, 6) is 0.0201. The lowest BCUT2D eigenvalue weighted by Crippen LogP contribution is -2.39. The summed E-state index contributed by atoms with van der Waals surface area (Å²) in [6.45, 7) is 0.566. The molecule has 20 heavy (non-hydrogen) atoms. The van der Waals surface area contributed by atoms with Gasteiger partial charge in [-0.2, -0.15) is 0 Å². The van der Waals surface area contributed by atoms with E-state index in [0.29, 0.717) is 6.54 Å². The minimum atomic E-state index is -0.779. The number of aromatic nitrogens is 1. The van der Waals surface area contributed by atoms with E-state index in [1.54, 1.807) is 11.9 Å². The number of carbonyl (C=O) groups is 1. The summed E-state index contributed by atoms with van der Waals surface area (Å²) >= 11 is 3.43. The van der Waals surface area contributed by atoms with Crippen LogP contribution in [0.15, 0.2) is 16.7 Å². The van der Waals surface area contributed by atoms with E-state index in [0.717, 1.165) is 35.8 Å². The van der Waals surface area contributed by atoms with E-state index in [1.165, 1.54) is 6.42 Å². The maximum absolute atomic E-state index is 12.3. The smallest absolute Gasteiger partial charge is 0.225 e. The second-order valence-corrected chi connectivity index (χ2v) is 6.89. The number of amides is 1. The lowest BCUT2D eigenvalue weighted by atomic mass is 9.82. The first-order chi connectivity index (χ1) is 9.39. The number of nitrogens with zero attached hydrogens (tertiary/aromatic N) is 2. The molecule has 0 spiro atoms. The second kappa shape index (κ2) is 6.31. The van der Waals surface area contributed by atoms with Gasteiger partial charge in [-0.3, -0.25) is 4.79 Å². The van der Waals surface area contributed by atoms with E-state index in [9.17, 15) is 9.90 Å². The summed E-state index contributed by atoms with van der Waals surface area (Å²) in [5.41, 5.74) is 0.293. The molecule has 1 saturated carbocycles. The van der Waals surface area contributed by atoms with Crippen molar-refractivity contribution in [2.45, 2.75) is 50.7 Å². The molecule has 0 saturated heterocycles. The Morgan fingerprint density at radius 3 is 2.65 bits per heavy atom. The minimum Gasteiger partial charge on any atom is -0.389 e. The largest absolute Gasteiger partial charge is 0.389 e. The Morgan fingerprint density at radius 1 is 1.45 bits per heavy atom. The zero-order valence-corrected chi connectivity index (χ0v) is 13.8. The highest BCUT2D eigenvalue weighted by Crippen LogP contribution is 2.31. The lowest BCUT2D eigenvalue weighted by molar-refractivity contribution is -0.137. The molecular weight excluding hydrogens is 320 g/mol. The zero-order chi connectivity index (χ0) is 14.8. The van der Waals surface area contributed by atoms with E-state index in [4.69, 9.17) is 0 Å². The number of aliphatic hydroxyl groups is 1. The molecule has 1 heterocycles. The molecule has 112 valence electrons. The third-order valence-corrected chi connectivity index (χ3v) is 4.60. The van der Waals surface area contributed by atoms with Crippen LogP contribution in [-0.2, 0) is 18.4 Å². The third kappa shape index (κ3) is 3.85. The van der Waals surface area contributed by atoms with Gasteiger partial charge >= 0.3 is 0 Å². The van der Waals surface area contributed by atoms with Crippen LogP contribution in [0.5, 0.6) is 0 Å². The summed E-state index contributed by atoms with van der Waals surface area (Å²) in [5, 5.41) is 10.5. The van der Waals surface area contributed by atoms with Crippen molar-refractivity contribution >= 4 is 21.8 Å². The second-order valence-electron chi connectivity index (χ2n) is 5.97. The number of hydrogen-bond acceptors (Lipinski definition) is 2. The van der Waals surface area contributed by atoms with Crippen LogP contribution < -0.4 is 0 Å². The van der Waals surface area contributed by atoms with Crippen molar-refractivity contribution in [1.82, 2.24) is 9.47 Å². The topological polar surface area (TPSA) is 45.5 Å². The maximum atomic E-state index is 12.3. The van der Waals surface area contributed by atoms with Crippen LogP contribution in [-0.4, -0.2) is 33.1 Å².